The maximum atomic E-state index is 9.21. The summed E-state index contributed by atoms with van der Waals surface area (Å²) in [5, 5.41) is 29.0. The van der Waals surface area contributed by atoms with Gasteiger partial charge >= 0.3 is 0 Å². The number of likely N-dealkylation sites (N-methyl/N-ethyl adjacent to an activating group) is 1. The second-order valence-corrected chi connectivity index (χ2v) is 4.78. The summed E-state index contributed by atoms with van der Waals surface area (Å²) in [7, 11) is 1.80. The molecule has 0 saturated heterocycles. The van der Waals surface area contributed by atoms with E-state index in [2.05, 4.69) is 26.1 Å². The number of aliphatic hydroxyl groups excluding tert-OH is 1. The number of benzene rings is 1. The van der Waals surface area contributed by atoms with Crippen LogP contribution in [0.1, 0.15) is 26.3 Å². The van der Waals surface area contributed by atoms with E-state index in [4.69, 9.17) is 10.2 Å². The van der Waals surface area contributed by atoms with Crippen LogP contribution in [0.15, 0.2) is 18.2 Å². The Hall–Kier alpha value is -1.26. The lowest BCUT2D eigenvalue weighted by molar-refractivity contribution is 0.296. The van der Waals surface area contributed by atoms with Crippen molar-refractivity contribution in [1.82, 2.24) is 5.32 Å². The summed E-state index contributed by atoms with van der Waals surface area (Å²) >= 11 is 0. The van der Waals surface area contributed by atoms with Gasteiger partial charge in [0.05, 0.1) is 6.61 Å². The topological polar surface area (TPSA) is 72.7 Å². The average molecular weight is 241 g/mol. The molecule has 4 nitrogen and oxygen atoms in total. The lowest BCUT2D eigenvalue weighted by Crippen LogP contribution is -2.10. The molecule has 0 amide bonds. The molecule has 0 aromatic heterocycles. The first-order valence-electron chi connectivity index (χ1n) is 5.61. The molecule has 0 bridgehead atoms. The minimum atomic E-state index is -0.0667. The molecule has 0 unspecified atom stereocenters. The largest absolute Gasteiger partial charge is 0.504 e. The third-order valence-corrected chi connectivity index (χ3v) is 2.20. The number of hydrogen-bond acceptors (Lipinski definition) is 4. The monoisotopic (exact) mass is 241 g/mol. The molecule has 1 aromatic carbocycles. The molecule has 0 aliphatic carbocycles. The van der Waals surface area contributed by atoms with Crippen LogP contribution >= 0.6 is 0 Å². The Labute approximate surface area is 103 Å². The highest BCUT2D eigenvalue weighted by molar-refractivity contribution is 5.42. The molecular formula is C13H23NO3. The smallest absolute Gasteiger partial charge is 0.157 e. The molecule has 0 saturated carbocycles. The fourth-order valence-corrected chi connectivity index (χ4v) is 1.10. The van der Waals surface area contributed by atoms with Gasteiger partial charge in [-0.05, 0) is 30.2 Å². The van der Waals surface area contributed by atoms with E-state index in [1.165, 1.54) is 6.07 Å². The summed E-state index contributed by atoms with van der Waals surface area (Å²) in [5.41, 5.74) is 1.02. The van der Waals surface area contributed by atoms with Gasteiger partial charge in [-0.25, -0.2) is 0 Å². The molecule has 0 spiro atoms. The van der Waals surface area contributed by atoms with Crippen LogP contribution in [0.2, 0.25) is 0 Å². The SMILES string of the molecule is CC(C)(C)c1ccc(O)c(O)c1.CNCCO. The summed E-state index contributed by atoms with van der Waals surface area (Å²) in [5.74, 6) is -0.120. The molecule has 98 valence electrons. The van der Waals surface area contributed by atoms with Gasteiger partial charge in [0, 0.05) is 6.54 Å². The highest BCUT2D eigenvalue weighted by Crippen LogP contribution is 2.30. The lowest BCUT2D eigenvalue weighted by Gasteiger charge is -2.19. The Morgan fingerprint density at radius 2 is 1.71 bits per heavy atom. The van der Waals surface area contributed by atoms with Crippen molar-refractivity contribution in [3.63, 3.8) is 0 Å². The zero-order chi connectivity index (χ0) is 13.5. The predicted octanol–water partition coefficient (Wildman–Crippen LogP) is 1.59. The first-order chi connectivity index (χ1) is 7.82. The number of rotatable bonds is 2. The van der Waals surface area contributed by atoms with E-state index >= 15 is 0 Å². The fraction of sp³-hybridized carbons (Fsp3) is 0.538. The van der Waals surface area contributed by atoms with Crippen molar-refractivity contribution in [2.45, 2.75) is 26.2 Å². The number of aliphatic hydroxyl groups is 1. The van der Waals surface area contributed by atoms with Crippen LogP contribution in [0.4, 0.5) is 0 Å². The van der Waals surface area contributed by atoms with Crippen molar-refractivity contribution < 1.29 is 15.3 Å². The van der Waals surface area contributed by atoms with E-state index in [1.807, 2.05) is 6.07 Å². The zero-order valence-corrected chi connectivity index (χ0v) is 11.0. The molecule has 0 radical (unpaired) electrons. The zero-order valence-electron chi connectivity index (χ0n) is 11.0. The minimum Gasteiger partial charge on any atom is -0.504 e. The third-order valence-electron chi connectivity index (χ3n) is 2.20. The number of hydrogen-bond donors (Lipinski definition) is 4. The maximum absolute atomic E-state index is 9.21. The van der Waals surface area contributed by atoms with Gasteiger partial charge in [-0.15, -0.1) is 0 Å². The Balaban J connectivity index is 0.000000437. The van der Waals surface area contributed by atoms with Gasteiger partial charge in [-0.2, -0.15) is 0 Å². The average Bonchev–Trinajstić information content (AvgIpc) is 2.22. The number of aromatic hydroxyl groups is 2. The summed E-state index contributed by atoms with van der Waals surface area (Å²) in [6.45, 7) is 7.09. The molecule has 17 heavy (non-hydrogen) atoms. The Morgan fingerprint density at radius 1 is 1.12 bits per heavy atom. The summed E-state index contributed by atoms with van der Waals surface area (Å²) in [4.78, 5) is 0. The molecule has 0 aliphatic heterocycles. The van der Waals surface area contributed by atoms with Gasteiger partial charge in [-0.1, -0.05) is 26.8 Å². The van der Waals surface area contributed by atoms with Gasteiger partial charge in [-0.3, -0.25) is 0 Å². The van der Waals surface area contributed by atoms with Crippen LogP contribution in [-0.2, 0) is 5.41 Å². The highest BCUT2D eigenvalue weighted by atomic mass is 16.3. The van der Waals surface area contributed by atoms with E-state index in [0.717, 1.165) is 5.56 Å². The standard InChI is InChI=1S/C10H14O2.C3H9NO/c1-10(2,3)7-4-5-8(11)9(12)6-7;1-4-2-3-5/h4-6,11-12H,1-3H3;4-5H,2-3H2,1H3. The van der Waals surface area contributed by atoms with Gasteiger partial charge in [0.2, 0.25) is 0 Å². The summed E-state index contributed by atoms with van der Waals surface area (Å²) in [6, 6.07) is 4.92. The molecule has 1 rings (SSSR count). The van der Waals surface area contributed by atoms with E-state index < -0.39 is 0 Å². The highest BCUT2D eigenvalue weighted by Gasteiger charge is 2.14. The van der Waals surface area contributed by atoms with E-state index in [9.17, 15) is 5.11 Å². The van der Waals surface area contributed by atoms with Crippen molar-refractivity contribution in [1.29, 1.82) is 0 Å². The van der Waals surface area contributed by atoms with Gasteiger partial charge in [0.15, 0.2) is 11.5 Å². The molecular weight excluding hydrogens is 218 g/mol. The number of phenolic OH excluding ortho intramolecular Hbond substituents is 2. The third kappa shape index (κ3) is 6.14. The second kappa shape index (κ2) is 7.14. The van der Waals surface area contributed by atoms with Crippen molar-refractivity contribution in [2.24, 2.45) is 0 Å². The van der Waals surface area contributed by atoms with E-state index in [0.29, 0.717) is 6.54 Å². The fourth-order valence-electron chi connectivity index (χ4n) is 1.10. The first-order valence-corrected chi connectivity index (χ1v) is 5.61. The maximum Gasteiger partial charge on any atom is 0.157 e. The predicted molar refractivity (Wildman–Crippen MR) is 69.5 cm³/mol. The van der Waals surface area contributed by atoms with E-state index in [1.54, 1.807) is 13.1 Å². The lowest BCUT2D eigenvalue weighted by atomic mass is 9.87. The molecule has 4 heteroatoms. The quantitative estimate of drug-likeness (QED) is 0.593. The number of nitrogens with one attached hydrogen (secondary N) is 1. The molecule has 4 N–H and O–H groups in total. The molecule has 0 aliphatic rings. The van der Waals surface area contributed by atoms with Gasteiger partial charge in [0.1, 0.15) is 0 Å². The van der Waals surface area contributed by atoms with Crippen molar-refractivity contribution in [3.8, 4) is 11.5 Å². The van der Waals surface area contributed by atoms with Crippen LogP contribution in [0.3, 0.4) is 0 Å². The molecule has 0 atom stereocenters. The molecule has 0 fully saturated rings. The first kappa shape index (κ1) is 15.7. The normalized spacial score (nSPS) is 10.6. The van der Waals surface area contributed by atoms with Crippen molar-refractivity contribution in [2.75, 3.05) is 20.2 Å². The molecule has 1 aromatic rings. The van der Waals surface area contributed by atoms with Crippen LogP contribution in [0, 0.1) is 0 Å². The van der Waals surface area contributed by atoms with Crippen LogP contribution in [0.25, 0.3) is 0 Å². The minimum absolute atomic E-state index is 0.00514. The Kier molecular flexibility index (Phi) is 6.61. The Morgan fingerprint density at radius 3 is 2.00 bits per heavy atom. The summed E-state index contributed by atoms with van der Waals surface area (Å²) in [6.07, 6.45) is 0. The van der Waals surface area contributed by atoms with Crippen molar-refractivity contribution >= 4 is 0 Å². The Bertz CT molecular complexity index is 330. The number of phenols is 2. The van der Waals surface area contributed by atoms with Crippen LogP contribution < -0.4 is 5.32 Å². The van der Waals surface area contributed by atoms with Gasteiger partial charge < -0.3 is 20.6 Å². The van der Waals surface area contributed by atoms with Crippen LogP contribution in [0.5, 0.6) is 11.5 Å². The second-order valence-electron chi connectivity index (χ2n) is 4.78. The summed E-state index contributed by atoms with van der Waals surface area (Å²) < 4.78 is 0. The van der Waals surface area contributed by atoms with E-state index in [-0.39, 0.29) is 23.5 Å². The van der Waals surface area contributed by atoms with Crippen molar-refractivity contribution in [3.05, 3.63) is 23.8 Å². The molecule has 0 heterocycles. The van der Waals surface area contributed by atoms with Crippen LogP contribution in [-0.4, -0.2) is 35.5 Å². The van der Waals surface area contributed by atoms with Gasteiger partial charge in [0.25, 0.3) is 0 Å².